The van der Waals surface area contributed by atoms with E-state index in [2.05, 4.69) is 25.1 Å². The Hall–Kier alpha value is -4.47. The predicted molar refractivity (Wildman–Crippen MR) is 143 cm³/mol. The molecule has 0 fully saturated rings. The molecule has 8 nitrogen and oxygen atoms in total. The third-order valence-electron chi connectivity index (χ3n) is 6.35. The van der Waals surface area contributed by atoms with Crippen LogP contribution in [0.25, 0.3) is 56.0 Å². The largest absolute Gasteiger partial charge is 0.323 e. The average Bonchev–Trinajstić information content (AvgIpc) is 3.52. The molecule has 0 amide bonds. The summed E-state index contributed by atoms with van der Waals surface area (Å²) in [5, 5.41) is 8.52. The second kappa shape index (κ2) is 9.20. The van der Waals surface area contributed by atoms with Gasteiger partial charge in [0.15, 0.2) is 11.5 Å². The molecule has 37 heavy (non-hydrogen) atoms. The normalized spacial score (nSPS) is 12.6. The van der Waals surface area contributed by atoms with E-state index in [9.17, 15) is 4.39 Å². The number of rotatable bonds is 6. The SMILES string of the molecule is CN(C)CC(N)c1cc(F)cc(-c2ccnc3[nH]c(-c4n[nH]c5ccc(-c6ccccn6)cc45)nc23)c1. The van der Waals surface area contributed by atoms with E-state index in [1.807, 2.05) is 67.5 Å². The molecule has 0 radical (unpaired) electrons. The quantitative estimate of drug-likeness (QED) is 0.304. The zero-order valence-corrected chi connectivity index (χ0v) is 20.4. The van der Waals surface area contributed by atoms with E-state index in [0.717, 1.165) is 33.3 Å². The molecule has 0 saturated carbocycles. The monoisotopic (exact) mass is 492 g/mol. The lowest BCUT2D eigenvalue weighted by Crippen LogP contribution is -2.26. The summed E-state index contributed by atoms with van der Waals surface area (Å²) in [5.41, 5.74) is 13.2. The molecule has 0 aliphatic carbocycles. The van der Waals surface area contributed by atoms with Crippen molar-refractivity contribution in [3.63, 3.8) is 0 Å². The molecule has 4 heterocycles. The lowest BCUT2D eigenvalue weighted by Gasteiger charge is -2.18. The third-order valence-corrected chi connectivity index (χ3v) is 6.35. The number of benzene rings is 2. The fraction of sp³-hybridized carbons (Fsp3) is 0.143. The molecule has 0 bridgehead atoms. The fourth-order valence-corrected chi connectivity index (χ4v) is 4.62. The van der Waals surface area contributed by atoms with Crippen LogP contribution >= 0.6 is 0 Å². The maximum Gasteiger partial charge on any atom is 0.160 e. The second-order valence-electron chi connectivity index (χ2n) is 9.33. The lowest BCUT2D eigenvalue weighted by molar-refractivity contribution is 0.376. The van der Waals surface area contributed by atoms with Gasteiger partial charge in [-0.15, -0.1) is 0 Å². The molecule has 0 spiro atoms. The van der Waals surface area contributed by atoms with E-state index < -0.39 is 0 Å². The predicted octanol–water partition coefficient (Wildman–Crippen LogP) is 4.93. The van der Waals surface area contributed by atoms with Crippen molar-refractivity contribution < 1.29 is 4.39 Å². The number of halogens is 1. The number of hydrogen-bond donors (Lipinski definition) is 3. The highest BCUT2D eigenvalue weighted by Gasteiger charge is 2.18. The zero-order valence-electron chi connectivity index (χ0n) is 20.4. The Kier molecular flexibility index (Phi) is 5.71. The van der Waals surface area contributed by atoms with Gasteiger partial charge in [-0.05, 0) is 73.8 Å². The zero-order chi connectivity index (χ0) is 25.5. The van der Waals surface area contributed by atoms with Crippen molar-refractivity contribution in [3.05, 3.63) is 84.4 Å². The lowest BCUT2D eigenvalue weighted by atomic mass is 9.99. The highest BCUT2D eigenvalue weighted by molar-refractivity contribution is 5.97. The minimum atomic E-state index is -0.345. The van der Waals surface area contributed by atoms with E-state index >= 15 is 0 Å². The van der Waals surface area contributed by atoms with E-state index in [1.165, 1.54) is 12.1 Å². The first-order valence-electron chi connectivity index (χ1n) is 11.9. The summed E-state index contributed by atoms with van der Waals surface area (Å²) in [6, 6.07) is 18.3. The fourth-order valence-electron chi connectivity index (χ4n) is 4.62. The third kappa shape index (κ3) is 4.35. The second-order valence-corrected chi connectivity index (χ2v) is 9.33. The minimum absolute atomic E-state index is 0.319. The smallest absolute Gasteiger partial charge is 0.160 e. The van der Waals surface area contributed by atoms with Gasteiger partial charge in [-0.1, -0.05) is 12.1 Å². The number of pyridine rings is 2. The number of hydrogen-bond acceptors (Lipinski definition) is 6. The van der Waals surface area contributed by atoms with E-state index in [1.54, 1.807) is 12.4 Å². The molecular weight excluding hydrogens is 467 g/mol. The maximum absolute atomic E-state index is 14.7. The number of aromatic nitrogens is 6. The number of fused-ring (bicyclic) bond motifs is 2. The molecule has 1 unspecified atom stereocenters. The molecule has 9 heteroatoms. The number of H-pyrrole nitrogens is 2. The van der Waals surface area contributed by atoms with Gasteiger partial charge in [0.1, 0.15) is 17.0 Å². The number of likely N-dealkylation sites (N-methyl/N-ethyl adjacent to an activating group) is 1. The highest BCUT2D eigenvalue weighted by Crippen LogP contribution is 2.33. The minimum Gasteiger partial charge on any atom is -0.323 e. The number of aromatic amines is 2. The van der Waals surface area contributed by atoms with Crippen molar-refractivity contribution in [2.75, 3.05) is 20.6 Å². The molecule has 184 valence electrons. The Morgan fingerprint density at radius 1 is 0.973 bits per heavy atom. The topological polar surface area (TPSA) is 112 Å². The van der Waals surface area contributed by atoms with Crippen molar-refractivity contribution in [2.45, 2.75) is 6.04 Å². The molecule has 0 aliphatic rings. The van der Waals surface area contributed by atoms with Gasteiger partial charge in [0.05, 0.1) is 11.2 Å². The molecular formula is C28H25FN8. The molecule has 1 atom stereocenters. The highest BCUT2D eigenvalue weighted by atomic mass is 19.1. The van der Waals surface area contributed by atoms with Gasteiger partial charge in [0.25, 0.3) is 0 Å². The Labute approximate surface area is 212 Å². The summed E-state index contributed by atoms with van der Waals surface area (Å²) in [6.45, 7) is 0.605. The van der Waals surface area contributed by atoms with Crippen LogP contribution in [0, 0.1) is 5.82 Å². The van der Waals surface area contributed by atoms with Gasteiger partial charge in [-0.2, -0.15) is 5.10 Å². The van der Waals surface area contributed by atoms with Crippen molar-refractivity contribution in [1.82, 2.24) is 35.0 Å². The van der Waals surface area contributed by atoms with Crippen LogP contribution in [-0.4, -0.2) is 55.7 Å². The maximum atomic E-state index is 14.7. The van der Waals surface area contributed by atoms with Crippen molar-refractivity contribution >= 4 is 22.1 Å². The van der Waals surface area contributed by atoms with Gasteiger partial charge in [-0.25, -0.2) is 14.4 Å². The molecule has 6 aromatic rings. The average molecular weight is 493 g/mol. The van der Waals surface area contributed by atoms with Crippen LogP contribution in [0.15, 0.2) is 73.1 Å². The number of nitrogens with one attached hydrogen (secondary N) is 2. The van der Waals surface area contributed by atoms with Crippen LogP contribution in [-0.2, 0) is 0 Å². The van der Waals surface area contributed by atoms with E-state index in [0.29, 0.717) is 34.8 Å². The van der Waals surface area contributed by atoms with Gasteiger partial charge >= 0.3 is 0 Å². The van der Waals surface area contributed by atoms with E-state index in [4.69, 9.17) is 10.7 Å². The van der Waals surface area contributed by atoms with Crippen LogP contribution in [0.4, 0.5) is 4.39 Å². The van der Waals surface area contributed by atoms with E-state index in [-0.39, 0.29) is 11.9 Å². The standard InChI is InChI=1S/C28H25FN8/c1-37(2)15-22(30)18-11-17(12-19(29)13-18)20-8-10-32-27-25(20)33-28(34-27)26-21-14-16(6-7-24(21)35-36-26)23-5-3-4-9-31-23/h3-14,22H,15,30H2,1-2H3,(H,35,36)(H,32,33,34). The molecule has 0 aliphatic heterocycles. The Balaban J connectivity index is 1.45. The molecule has 4 aromatic heterocycles. The van der Waals surface area contributed by atoms with Crippen molar-refractivity contribution in [2.24, 2.45) is 5.73 Å². The summed E-state index contributed by atoms with van der Waals surface area (Å²) >= 11 is 0. The van der Waals surface area contributed by atoms with Crippen molar-refractivity contribution in [1.29, 1.82) is 0 Å². The Morgan fingerprint density at radius 2 is 1.86 bits per heavy atom. The Morgan fingerprint density at radius 3 is 2.68 bits per heavy atom. The molecule has 4 N–H and O–H groups in total. The number of nitrogens with zero attached hydrogens (tertiary/aromatic N) is 5. The summed E-state index contributed by atoms with van der Waals surface area (Å²) in [4.78, 5) is 19.1. The molecule has 0 saturated heterocycles. The van der Waals surface area contributed by atoms with Gasteiger partial charge in [-0.3, -0.25) is 10.1 Å². The van der Waals surface area contributed by atoms with Crippen LogP contribution in [0.1, 0.15) is 11.6 Å². The molecule has 6 rings (SSSR count). The summed E-state index contributed by atoms with van der Waals surface area (Å²) in [6.07, 6.45) is 3.46. The summed E-state index contributed by atoms with van der Waals surface area (Å²) < 4.78 is 14.7. The number of nitrogens with two attached hydrogens (primary N) is 1. The first-order chi connectivity index (χ1) is 18.0. The van der Waals surface area contributed by atoms with Crippen molar-refractivity contribution in [3.8, 4) is 33.9 Å². The first-order valence-corrected chi connectivity index (χ1v) is 11.9. The summed E-state index contributed by atoms with van der Waals surface area (Å²) in [7, 11) is 3.88. The van der Waals surface area contributed by atoms with Crippen LogP contribution in [0.5, 0.6) is 0 Å². The van der Waals surface area contributed by atoms with Gasteiger partial charge in [0.2, 0.25) is 0 Å². The van der Waals surface area contributed by atoms with Crippen LogP contribution in [0.3, 0.4) is 0 Å². The Bertz CT molecular complexity index is 1720. The first kappa shape index (κ1) is 23.0. The number of imidazole rings is 1. The van der Waals surface area contributed by atoms with Gasteiger partial charge in [0, 0.05) is 41.5 Å². The molecule has 2 aromatic carbocycles. The van der Waals surface area contributed by atoms with Gasteiger partial charge < -0.3 is 15.6 Å². The van der Waals surface area contributed by atoms with Crippen LogP contribution in [0.2, 0.25) is 0 Å². The summed E-state index contributed by atoms with van der Waals surface area (Å²) in [5.74, 6) is 0.225. The van der Waals surface area contributed by atoms with Crippen LogP contribution < -0.4 is 5.73 Å².